The number of amides is 1. The number of nitrogens with one attached hydrogen (secondary N) is 1. The fraction of sp³-hybridized carbons (Fsp3) is 0.235. The van der Waals surface area contributed by atoms with Crippen LogP contribution >= 0.6 is 23.1 Å². The summed E-state index contributed by atoms with van der Waals surface area (Å²) in [7, 11) is 1.68. The fourth-order valence-electron chi connectivity index (χ4n) is 2.36. The molecule has 3 rings (SSSR count). The van der Waals surface area contributed by atoms with E-state index < -0.39 is 0 Å². The van der Waals surface area contributed by atoms with Gasteiger partial charge in [-0.15, -0.1) is 11.3 Å². The SMILES string of the molecule is CCc1ccccc1NC(=O)CSc1nc2ccsc2c(=O)n1C. The maximum atomic E-state index is 12.2. The third kappa shape index (κ3) is 3.37. The van der Waals surface area contributed by atoms with E-state index in [2.05, 4.69) is 17.2 Å². The van der Waals surface area contributed by atoms with Gasteiger partial charge in [0.2, 0.25) is 5.91 Å². The second kappa shape index (κ2) is 7.19. The first kappa shape index (κ1) is 16.7. The summed E-state index contributed by atoms with van der Waals surface area (Å²) in [6, 6.07) is 9.57. The summed E-state index contributed by atoms with van der Waals surface area (Å²) in [5.41, 5.74) is 2.54. The highest BCUT2D eigenvalue weighted by Crippen LogP contribution is 2.21. The van der Waals surface area contributed by atoms with Crippen molar-refractivity contribution in [2.75, 3.05) is 11.1 Å². The predicted molar refractivity (Wildman–Crippen MR) is 100 cm³/mol. The Bertz CT molecular complexity index is 946. The van der Waals surface area contributed by atoms with Gasteiger partial charge in [0.1, 0.15) is 4.70 Å². The number of aromatic nitrogens is 2. The fourth-order valence-corrected chi connectivity index (χ4v) is 3.94. The molecule has 0 bridgehead atoms. The van der Waals surface area contributed by atoms with Gasteiger partial charge in [0.05, 0.1) is 11.3 Å². The Balaban J connectivity index is 1.73. The number of fused-ring (bicyclic) bond motifs is 1. The van der Waals surface area contributed by atoms with Crippen molar-refractivity contribution in [1.29, 1.82) is 0 Å². The van der Waals surface area contributed by atoms with E-state index in [1.807, 2.05) is 35.7 Å². The van der Waals surface area contributed by atoms with E-state index in [-0.39, 0.29) is 17.2 Å². The lowest BCUT2D eigenvalue weighted by molar-refractivity contribution is -0.113. The van der Waals surface area contributed by atoms with Gasteiger partial charge in [-0.05, 0) is 29.5 Å². The van der Waals surface area contributed by atoms with E-state index in [1.54, 1.807) is 7.05 Å². The molecule has 0 fully saturated rings. The molecule has 2 heterocycles. The molecule has 1 amide bonds. The number of aryl methyl sites for hydroxylation is 1. The van der Waals surface area contributed by atoms with Gasteiger partial charge in [-0.1, -0.05) is 36.9 Å². The number of rotatable bonds is 5. The number of thiophene rings is 1. The summed E-state index contributed by atoms with van der Waals surface area (Å²) in [6.45, 7) is 2.05. The Hall–Kier alpha value is -2.12. The normalized spacial score (nSPS) is 10.9. The summed E-state index contributed by atoms with van der Waals surface area (Å²) in [5.74, 6) is 0.0918. The molecule has 1 aromatic carbocycles. The van der Waals surface area contributed by atoms with Gasteiger partial charge in [0.15, 0.2) is 5.16 Å². The molecular weight excluding hydrogens is 342 g/mol. The summed E-state index contributed by atoms with van der Waals surface area (Å²) in [5, 5.41) is 5.32. The number of carbonyl (C=O) groups excluding carboxylic acids is 1. The van der Waals surface area contributed by atoms with Crippen LogP contribution in [0.1, 0.15) is 12.5 Å². The van der Waals surface area contributed by atoms with Crippen molar-refractivity contribution in [1.82, 2.24) is 9.55 Å². The number of para-hydroxylation sites is 1. The summed E-state index contributed by atoms with van der Waals surface area (Å²) >= 11 is 2.65. The van der Waals surface area contributed by atoms with E-state index in [0.29, 0.717) is 15.4 Å². The van der Waals surface area contributed by atoms with Crippen LogP contribution in [0, 0.1) is 0 Å². The van der Waals surface area contributed by atoms with Gasteiger partial charge in [-0.2, -0.15) is 0 Å². The highest BCUT2D eigenvalue weighted by molar-refractivity contribution is 7.99. The van der Waals surface area contributed by atoms with Crippen molar-refractivity contribution in [3.05, 3.63) is 51.6 Å². The van der Waals surface area contributed by atoms with Crippen LogP contribution in [0.4, 0.5) is 5.69 Å². The van der Waals surface area contributed by atoms with Crippen molar-refractivity contribution in [3.8, 4) is 0 Å². The maximum absolute atomic E-state index is 12.2. The molecule has 0 atom stereocenters. The number of nitrogens with zero attached hydrogens (tertiary/aromatic N) is 2. The molecule has 0 saturated heterocycles. The standard InChI is InChI=1S/C17H17N3O2S2/c1-3-11-6-4-5-7-12(11)18-14(21)10-24-17-19-13-8-9-23-15(13)16(22)20(17)2/h4-9H,3,10H2,1-2H3,(H,18,21). The predicted octanol–water partition coefficient (Wildman–Crippen LogP) is 3.29. The largest absolute Gasteiger partial charge is 0.325 e. The molecule has 124 valence electrons. The van der Waals surface area contributed by atoms with Gasteiger partial charge in [0.25, 0.3) is 5.56 Å². The lowest BCUT2D eigenvalue weighted by Crippen LogP contribution is -2.20. The second-order valence-corrected chi connectivity index (χ2v) is 7.10. The zero-order valence-electron chi connectivity index (χ0n) is 13.4. The van der Waals surface area contributed by atoms with Crippen LogP contribution in [0.15, 0.2) is 45.7 Å². The van der Waals surface area contributed by atoms with E-state index >= 15 is 0 Å². The van der Waals surface area contributed by atoms with Gasteiger partial charge in [0, 0.05) is 12.7 Å². The molecule has 0 aliphatic heterocycles. The van der Waals surface area contributed by atoms with Crippen LogP contribution in [0.2, 0.25) is 0 Å². The molecule has 5 nitrogen and oxygen atoms in total. The number of hydrogen-bond acceptors (Lipinski definition) is 5. The quantitative estimate of drug-likeness (QED) is 0.561. The number of thioether (sulfide) groups is 1. The van der Waals surface area contributed by atoms with Crippen LogP contribution in [0.5, 0.6) is 0 Å². The smallest absolute Gasteiger partial charge is 0.271 e. The summed E-state index contributed by atoms with van der Waals surface area (Å²) < 4.78 is 2.14. The van der Waals surface area contributed by atoms with E-state index in [1.165, 1.54) is 27.7 Å². The minimum Gasteiger partial charge on any atom is -0.325 e. The Morgan fingerprint density at radius 2 is 2.12 bits per heavy atom. The van der Waals surface area contributed by atoms with E-state index in [9.17, 15) is 9.59 Å². The zero-order valence-corrected chi connectivity index (χ0v) is 15.0. The van der Waals surface area contributed by atoms with Gasteiger partial charge >= 0.3 is 0 Å². The highest BCUT2D eigenvalue weighted by Gasteiger charge is 2.12. The van der Waals surface area contributed by atoms with Crippen molar-refractivity contribution in [2.24, 2.45) is 7.05 Å². The minimum atomic E-state index is -0.111. The molecular formula is C17H17N3O2S2. The van der Waals surface area contributed by atoms with Crippen molar-refractivity contribution in [2.45, 2.75) is 18.5 Å². The lowest BCUT2D eigenvalue weighted by atomic mass is 10.1. The Morgan fingerprint density at radius 3 is 2.92 bits per heavy atom. The number of hydrogen-bond donors (Lipinski definition) is 1. The van der Waals surface area contributed by atoms with Crippen LogP contribution in [-0.4, -0.2) is 21.2 Å². The summed E-state index contributed by atoms with van der Waals surface area (Å²) in [4.78, 5) is 28.9. The highest BCUT2D eigenvalue weighted by atomic mass is 32.2. The molecule has 0 unspecified atom stereocenters. The number of carbonyl (C=O) groups is 1. The molecule has 2 aromatic heterocycles. The monoisotopic (exact) mass is 359 g/mol. The van der Waals surface area contributed by atoms with E-state index in [0.717, 1.165) is 17.7 Å². The number of anilines is 1. The van der Waals surface area contributed by atoms with Gasteiger partial charge in [-0.3, -0.25) is 14.2 Å². The first-order valence-electron chi connectivity index (χ1n) is 7.55. The van der Waals surface area contributed by atoms with E-state index in [4.69, 9.17) is 0 Å². The van der Waals surface area contributed by atoms with Gasteiger partial charge in [-0.25, -0.2) is 4.98 Å². The third-order valence-electron chi connectivity index (χ3n) is 3.65. The van der Waals surface area contributed by atoms with Crippen LogP contribution < -0.4 is 10.9 Å². The maximum Gasteiger partial charge on any atom is 0.271 e. The molecule has 0 spiro atoms. The van der Waals surface area contributed by atoms with Gasteiger partial charge < -0.3 is 5.32 Å². The summed E-state index contributed by atoms with van der Waals surface area (Å²) in [6.07, 6.45) is 0.856. The second-order valence-electron chi connectivity index (χ2n) is 5.24. The third-order valence-corrected chi connectivity index (χ3v) is 5.57. The average molecular weight is 359 g/mol. The van der Waals surface area contributed by atoms with Crippen molar-refractivity contribution in [3.63, 3.8) is 0 Å². The topological polar surface area (TPSA) is 64.0 Å². The first-order valence-corrected chi connectivity index (χ1v) is 9.41. The Morgan fingerprint density at radius 1 is 1.33 bits per heavy atom. The molecule has 0 radical (unpaired) electrons. The molecule has 0 saturated carbocycles. The van der Waals surface area contributed by atoms with Crippen LogP contribution in [0.25, 0.3) is 10.2 Å². The molecule has 7 heteroatoms. The lowest BCUT2D eigenvalue weighted by Gasteiger charge is -2.10. The Labute approximate surface area is 147 Å². The minimum absolute atomic E-state index is 0.0748. The van der Waals surface area contributed by atoms with Crippen LogP contribution in [0.3, 0.4) is 0 Å². The Kier molecular flexibility index (Phi) is 5.01. The zero-order chi connectivity index (χ0) is 17.1. The molecule has 3 aromatic rings. The van der Waals surface area contributed by atoms with Crippen molar-refractivity contribution >= 4 is 44.9 Å². The molecule has 0 aliphatic carbocycles. The number of benzene rings is 1. The molecule has 1 N–H and O–H groups in total. The molecule has 0 aliphatic rings. The average Bonchev–Trinajstić information content (AvgIpc) is 3.06. The first-order chi connectivity index (χ1) is 11.6. The van der Waals surface area contributed by atoms with Crippen molar-refractivity contribution < 1.29 is 4.79 Å². The molecule has 24 heavy (non-hydrogen) atoms. The van der Waals surface area contributed by atoms with Crippen LogP contribution in [-0.2, 0) is 18.3 Å².